The molecule has 8 nitrogen and oxygen atoms in total. The molecule has 0 unspecified atom stereocenters. The van der Waals surface area contributed by atoms with Gasteiger partial charge in [-0.25, -0.2) is 29.9 Å². The fraction of sp³-hybridized carbons (Fsp3) is 0. The number of H-pyrrole nitrogens is 2. The molecular weight excluding hydrogens is 424 g/mol. The summed E-state index contributed by atoms with van der Waals surface area (Å²) in [6.07, 6.45) is 14.6. The van der Waals surface area contributed by atoms with E-state index in [1.807, 2.05) is 60.7 Å². The molecule has 4 heterocycles. The van der Waals surface area contributed by atoms with Gasteiger partial charge in [-0.05, 0) is 60.7 Å². The Morgan fingerprint density at radius 3 is 1.44 bits per heavy atom. The van der Waals surface area contributed by atoms with Crippen molar-refractivity contribution in [3.05, 3.63) is 97.1 Å². The van der Waals surface area contributed by atoms with E-state index in [9.17, 15) is 0 Å². The van der Waals surface area contributed by atoms with E-state index in [1.165, 1.54) is 0 Å². The zero-order chi connectivity index (χ0) is 22.7. The second-order valence-corrected chi connectivity index (χ2v) is 7.57. The number of rotatable bonds is 5. The van der Waals surface area contributed by atoms with Crippen molar-refractivity contribution in [2.24, 2.45) is 0 Å². The Balaban J connectivity index is 1.19. The minimum atomic E-state index is 0.688. The molecule has 0 aliphatic carbocycles. The summed E-state index contributed by atoms with van der Waals surface area (Å²) in [6, 6.07) is 15.5. The predicted molar refractivity (Wildman–Crippen MR) is 132 cm³/mol. The Kier molecular flexibility index (Phi) is 4.93. The van der Waals surface area contributed by atoms with Crippen LogP contribution in [0.2, 0.25) is 0 Å². The van der Waals surface area contributed by atoms with Gasteiger partial charge in [0, 0.05) is 35.9 Å². The molecule has 6 rings (SSSR count). The standard InChI is InChI=1S/C26H18N8/c1(5-23-31-19-9-7-17(15-21(19)33-23)25-27-11-3-12-28-25)2-6-24-32-20-10-8-18(16-22(20)34-24)26-29-13-4-14-30-26/h1-16H,(H,31,33)(H,32,34). The first-order valence-electron chi connectivity index (χ1n) is 10.7. The average molecular weight is 442 g/mol. The van der Waals surface area contributed by atoms with Gasteiger partial charge in [0.25, 0.3) is 0 Å². The number of hydrogen-bond donors (Lipinski definition) is 2. The van der Waals surface area contributed by atoms with Crippen molar-refractivity contribution >= 4 is 34.2 Å². The second-order valence-electron chi connectivity index (χ2n) is 7.57. The van der Waals surface area contributed by atoms with Crippen LogP contribution in [-0.4, -0.2) is 39.9 Å². The maximum Gasteiger partial charge on any atom is 0.159 e. The molecule has 8 heteroatoms. The molecule has 0 saturated carbocycles. The molecule has 0 bridgehead atoms. The van der Waals surface area contributed by atoms with E-state index < -0.39 is 0 Å². The van der Waals surface area contributed by atoms with Crippen LogP contribution in [0.4, 0.5) is 0 Å². The average Bonchev–Trinajstić information content (AvgIpc) is 3.50. The second kappa shape index (κ2) is 8.51. The quantitative estimate of drug-likeness (QED) is 0.360. The lowest BCUT2D eigenvalue weighted by molar-refractivity contribution is 1.18. The van der Waals surface area contributed by atoms with Crippen LogP contribution in [0.15, 0.2) is 85.5 Å². The Bertz CT molecular complexity index is 1520. The number of fused-ring (bicyclic) bond motifs is 2. The van der Waals surface area contributed by atoms with Gasteiger partial charge in [-0.15, -0.1) is 0 Å². The van der Waals surface area contributed by atoms with Crippen LogP contribution < -0.4 is 0 Å². The number of aromatic amines is 2. The third-order valence-electron chi connectivity index (χ3n) is 5.27. The van der Waals surface area contributed by atoms with E-state index in [0.29, 0.717) is 11.6 Å². The van der Waals surface area contributed by atoms with Crippen molar-refractivity contribution in [3.63, 3.8) is 0 Å². The van der Waals surface area contributed by atoms with Gasteiger partial charge >= 0.3 is 0 Å². The minimum absolute atomic E-state index is 0.688. The number of allylic oxidation sites excluding steroid dienone is 2. The van der Waals surface area contributed by atoms with E-state index in [-0.39, 0.29) is 0 Å². The molecular formula is C26H18N8. The van der Waals surface area contributed by atoms with Crippen molar-refractivity contribution in [1.82, 2.24) is 39.9 Å². The van der Waals surface area contributed by atoms with Gasteiger partial charge in [0.15, 0.2) is 11.6 Å². The van der Waals surface area contributed by atoms with E-state index in [4.69, 9.17) is 0 Å². The summed E-state index contributed by atoms with van der Waals surface area (Å²) in [5.41, 5.74) is 5.53. The van der Waals surface area contributed by atoms with Crippen LogP contribution in [0.25, 0.3) is 57.0 Å². The molecule has 162 valence electrons. The smallest absolute Gasteiger partial charge is 0.159 e. The van der Waals surface area contributed by atoms with Gasteiger partial charge in [0.2, 0.25) is 0 Å². The van der Waals surface area contributed by atoms with Gasteiger partial charge in [-0.3, -0.25) is 0 Å². The van der Waals surface area contributed by atoms with Crippen LogP contribution >= 0.6 is 0 Å². The van der Waals surface area contributed by atoms with Crippen LogP contribution in [0.3, 0.4) is 0 Å². The van der Waals surface area contributed by atoms with Crippen LogP contribution in [0, 0.1) is 0 Å². The Labute approximate surface area is 194 Å². The van der Waals surface area contributed by atoms with Crippen molar-refractivity contribution in [3.8, 4) is 22.8 Å². The molecule has 0 fully saturated rings. The van der Waals surface area contributed by atoms with Gasteiger partial charge in [0.05, 0.1) is 22.1 Å². The molecule has 0 saturated heterocycles. The lowest BCUT2D eigenvalue weighted by atomic mass is 10.2. The largest absolute Gasteiger partial charge is 0.338 e. The highest BCUT2D eigenvalue weighted by Gasteiger charge is 2.06. The number of nitrogens with zero attached hydrogens (tertiary/aromatic N) is 6. The number of imidazole rings is 2. The van der Waals surface area contributed by atoms with Gasteiger partial charge < -0.3 is 9.97 Å². The van der Waals surface area contributed by atoms with E-state index in [1.54, 1.807) is 36.9 Å². The predicted octanol–water partition coefficient (Wildman–Crippen LogP) is 5.08. The molecule has 0 spiro atoms. The molecule has 6 aromatic rings. The number of hydrogen-bond acceptors (Lipinski definition) is 6. The number of benzene rings is 2. The summed E-state index contributed by atoms with van der Waals surface area (Å²) < 4.78 is 0. The van der Waals surface area contributed by atoms with E-state index in [0.717, 1.165) is 44.8 Å². The van der Waals surface area contributed by atoms with Crippen LogP contribution in [0.5, 0.6) is 0 Å². The SMILES string of the molecule is C(C=Cc1nc2ccc(-c3ncccn3)cc2[nH]1)=Cc1nc2ccc(-c3ncccn3)cc2[nH]1. The number of nitrogens with one attached hydrogen (secondary N) is 2. The Hall–Kier alpha value is -4.98. The zero-order valence-electron chi connectivity index (χ0n) is 17.9. The first kappa shape index (κ1) is 19.7. The zero-order valence-corrected chi connectivity index (χ0v) is 17.9. The first-order valence-corrected chi connectivity index (χ1v) is 10.7. The van der Waals surface area contributed by atoms with Gasteiger partial charge in [-0.2, -0.15) is 0 Å². The third kappa shape index (κ3) is 3.95. The van der Waals surface area contributed by atoms with Crippen molar-refractivity contribution in [1.29, 1.82) is 0 Å². The molecule has 0 amide bonds. The fourth-order valence-corrected chi connectivity index (χ4v) is 3.68. The van der Waals surface area contributed by atoms with Crippen LogP contribution in [-0.2, 0) is 0 Å². The molecule has 0 radical (unpaired) electrons. The lowest BCUT2D eigenvalue weighted by Crippen LogP contribution is -1.86. The summed E-state index contributed by atoms with van der Waals surface area (Å²) in [5, 5.41) is 0. The molecule has 2 N–H and O–H groups in total. The molecule has 2 aromatic carbocycles. The molecule has 0 aliphatic rings. The summed E-state index contributed by atoms with van der Waals surface area (Å²) >= 11 is 0. The molecule has 4 aromatic heterocycles. The molecule has 0 aliphatic heterocycles. The monoisotopic (exact) mass is 442 g/mol. The highest BCUT2D eigenvalue weighted by molar-refractivity contribution is 5.83. The topological polar surface area (TPSA) is 109 Å². The lowest BCUT2D eigenvalue weighted by Gasteiger charge is -1.98. The Morgan fingerprint density at radius 2 is 1.00 bits per heavy atom. The highest BCUT2D eigenvalue weighted by atomic mass is 14.9. The minimum Gasteiger partial charge on any atom is -0.338 e. The van der Waals surface area contributed by atoms with Crippen LogP contribution in [0.1, 0.15) is 11.6 Å². The van der Waals surface area contributed by atoms with Gasteiger partial charge in [0.1, 0.15) is 11.6 Å². The fourth-order valence-electron chi connectivity index (χ4n) is 3.68. The van der Waals surface area contributed by atoms with Crippen molar-refractivity contribution < 1.29 is 0 Å². The molecule has 0 atom stereocenters. The normalized spacial score (nSPS) is 11.9. The maximum atomic E-state index is 4.61. The summed E-state index contributed by atoms with van der Waals surface area (Å²) in [7, 11) is 0. The van der Waals surface area contributed by atoms with E-state index in [2.05, 4.69) is 39.9 Å². The molecule has 34 heavy (non-hydrogen) atoms. The summed E-state index contributed by atoms with van der Waals surface area (Å²) in [6.45, 7) is 0. The summed E-state index contributed by atoms with van der Waals surface area (Å²) in [4.78, 5) is 33.1. The van der Waals surface area contributed by atoms with Gasteiger partial charge in [-0.1, -0.05) is 12.2 Å². The first-order chi connectivity index (χ1) is 16.8. The Morgan fingerprint density at radius 1 is 0.559 bits per heavy atom. The van der Waals surface area contributed by atoms with Crippen molar-refractivity contribution in [2.75, 3.05) is 0 Å². The third-order valence-corrected chi connectivity index (χ3v) is 5.27. The summed E-state index contributed by atoms with van der Waals surface area (Å²) in [5.74, 6) is 2.91. The maximum absolute atomic E-state index is 4.61. The van der Waals surface area contributed by atoms with Crippen molar-refractivity contribution in [2.45, 2.75) is 0 Å². The highest BCUT2D eigenvalue weighted by Crippen LogP contribution is 2.22. The van der Waals surface area contributed by atoms with E-state index >= 15 is 0 Å². The number of aromatic nitrogens is 8.